The van der Waals surface area contributed by atoms with E-state index < -0.39 is 29.4 Å². The van der Waals surface area contributed by atoms with E-state index in [4.69, 9.17) is 0 Å². The molecule has 0 saturated carbocycles. The van der Waals surface area contributed by atoms with Gasteiger partial charge in [-0.1, -0.05) is 24.1 Å². The van der Waals surface area contributed by atoms with Gasteiger partial charge in [-0.25, -0.2) is 0 Å². The maximum absolute atomic E-state index is 12.9. The van der Waals surface area contributed by atoms with Gasteiger partial charge >= 0.3 is 12.4 Å². The molecule has 0 aliphatic heterocycles. The van der Waals surface area contributed by atoms with Gasteiger partial charge in [-0.2, -0.15) is 26.3 Å². The Hall–Kier alpha value is -3.32. The third kappa shape index (κ3) is 5.24. The first-order valence-corrected chi connectivity index (χ1v) is 8.63. The van der Waals surface area contributed by atoms with Gasteiger partial charge in [0, 0.05) is 29.4 Å². The Balaban J connectivity index is 2.25. The van der Waals surface area contributed by atoms with Gasteiger partial charge in [0.1, 0.15) is 0 Å². The van der Waals surface area contributed by atoms with Crippen molar-refractivity contribution in [2.45, 2.75) is 24.9 Å². The summed E-state index contributed by atoms with van der Waals surface area (Å²) in [6.07, 6.45) is -12.0. The molecule has 0 fully saturated rings. The molecule has 0 atom stereocenters. The minimum absolute atomic E-state index is 0.0640. The number of nitrogens with zero attached hydrogens (tertiary/aromatic N) is 1. The van der Waals surface area contributed by atoms with E-state index in [1.165, 1.54) is 12.1 Å². The van der Waals surface area contributed by atoms with Gasteiger partial charge in [0.05, 0.1) is 5.71 Å². The van der Waals surface area contributed by atoms with E-state index in [1.807, 2.05) is 0 Å². The zero-order chi connectivity index (χ0) is 23.4. The van der Waals surface area contributed by atoms with Gasteiger partial charge in [0.2, 0.25) is 0 Å². The molecule has 0 aromatic heterocycles. The molecule has 2 N–H and O–H groups in total. The van der Waals surface area contributed by atoms with E-state index in [1.54, 1.807) is 26.1 Å². The van der Waals surface area contributed by atoms with Crippen molar-refractivity contribution in [2.24, 2.45) is 4.99 Å². The standard InChI is InChI=1S/C21H16F6N2O2/c1-13(28-2)6-7-14-4-3-5-15(12-14)18(30)29-17-10-8-16(9-11-17)19(31,20(22,23)24)21(25,26)27/h3-5,8-12,31H,1-2H3,(H,29,30)/b28-13+. The molecular weight excluding hydrogens is 426 g/mol. The van der Waals surface area contributed by atoms with Crippen molar-refractivity contribution < 1.29 is 36.2 Å². The predicted octanol–water partition coefficient (Wildman–Crippen LogP) is 4.69. The lowest BCUT2D eigenvalue weighted by atomic mass is 9.92. The molecular formula is C21H16F6N2O2. The third-order valence-electron chi connectivity index (χ3n) is 4.23. The van der Waals surface area contributed by atoms with Crippen LogP contribution in [0.4, 0.5) is 32.0 Å². The summed E-state index contributed by atoms with van der Waals surface area (Å²) in [6.45, 7) is 1.70. The number of carbonyl (C=O) groups excluding carboxylic acids is 1. The maximum atomic E-state index is 12.9. The van der Waals surface area contributed by atoms with Crippen LogP contribution in [-0.2, 0) is 5.60 Å². The summed E-state index contributed by atoms with van der Waals surface area (Å²) in [7, 11) is 1.57. The van der Waals surface area contributed by atoms with E-state index in [2.05, 4.69) is 22.2 Å². The Bertz CT molecular complexity index is 1030. The lowest BCUT2D eigenvalue weighted by molar-refractivity contribution is -0.376. The van der Waals surface area contributed by atoms with Crippen molar-refractivity contribution in [3.63, 3.8) is 0 Å². The predicted molar refractivity (Wildman–Crippen MR) is 103 cm³/mol. The smallest absolute Gasteiger partial charge is 0.369 e. The summed E-state index contributed by atoms with van der Waals surface area (Å²) in [5.41, 5.74) is -5.26. The number of hydrogen-bond acceptors (Lipinski definition) is 3. The first kappa shape index (κ1) is 24.0. The van der Waals surface area contributed by atoms with Gasteiger partial charge in [0.25, 0.3) is 11.5 Å². The zero-order valence-corrected chi connectivity index (χ0v) is 16.2. The van der Waals surface area contributed by atoms with Crippen LogP contribution in [0, 0.1) is 11.8 Å². The number of alkyl halides is 6. The number of carbonyl (C=O) groups is 1. The van der Waals surface area contributed by atoms with Crippen LogP contribution in [0.5, 0.6) is 0 Å². The monoisotopic (exact) mass is 442 g/mol. The molecule has 2 aromatic rings. The highest BCUT2D eigenvalue weighted by Crippen LogP contribution is 2.50. The van der Waals surface area contributed by atoms with Gasteiger partial charge in [-0.3, -0.25) is 9.79 Å². The maximum Gasteiger partial charge on any atom is 0.430 e. The summed E-state index contributed by atoms with van der Waals surface area (Å²) in [4.78, 5) is 16.2. The summed E-state index contributed by atoms with van der Waals surface area (Å²) in [5, 5.41) is 11.7. The Kier molecular flexibility index (Phi) is 6.81. The van der Waals surface area contributed by atoms with E-state index in [-0.39, 0.29) is 11.3 Å². The fourth-order valence-electron chi connectivity index (χ4n) is 2.44. The molecule has 0 heterocycles. The highest BCUT2D eigenvalue weighted by molar-refractivity contribution is 6.04. The van der Waals surface area contributed by atoms with Crippen molar-refractivity contribution >= 4 is 17.3 Å². The van der Waals surface area contributed by atoms with Gasteiger partial charge < -0.3 is 10.4 Å². The molecule has 31 heavy (non-hydrogen) atoms. The van der Waals surface area contributed by atoms with Crippen LogP contribution in [0.15, 0.2) is 53.5 Å². The van der Waals surface area contributed by atoms with Gasteiger partial charge in [0.15, 0.2) is 0 Å². The second-order valence-corrected chi connectivity index (χ2v) is 6.38. The number of aliphatic hydroxyl groups is 1. The molecule has 2 aromatic carbocycles. The summed E-state index contributed by atoms with van der Waals surface area (Å²) >= 11 is 0. The Morgan fingerprint density at radius 1 is 1.00 bits per heavy atom. The molecule has 0 bridgehead atoms. The number of benzene rings is 2. The molecule has 1 amide bonds. The zero-order valence-electron chi connectivity index (χ0n) is 16.2. The first-order valence-electron chi connectivity index (χ1n) is 8.63. The normalized spacial score (nSPS) is 12.7. The van der Waals surface area contributed by atoms with Crippen molar-refractivity contribution in [1.82, 2.24) is 0 Å². The average molecular weight is 442 g/mol. The topological polar surface area (TPSA) is 61.7 Å². The number of rotatable bonds is 3. The van der Waals surface area contributed by atoms with E-state index in [0.717, 1.165) is 12.1 Å². The minimum Gasteiger partial charge on any atom is -0.369 e. The van der Waals surface area contributed by atoms with Crippen molar-refractivity contribution in [3.8, 4) is 11.8 Å². The average Bonchev–Trinajstić information content (AvgIpc) is 2.70. The SMILES string of the molecule is C/N=C(\C)C#Cc1cccc(C(=O)Nc2ccc(C(O)(C(F)(F)F)C(F)(F)F)cc2)c1. The van der Waals surface area contributed by atoms with Crippen LogP contribution in [0.1, 0.15) is 28.4 Å². The largest absolute Gasteiger partial charge is 0.430 e. The lowest BCUT2D eigenvalue weighted by Gasteiger charge is -2.32. The van der Waals surface area contributed by atoms with E-state index >= 15 is 0 Å². The molecule has 2 rings (SSSR count). The van der Waals surface area contributed by atoms with Crippen LogP contribution in [0.2, 0.25) is 0 Å². The molecule has 164 valence electrons. The molecule has 0 spiro atoms. The van der Waals surface area contributed by atoms with E-state index in [0.29, 0.717) is 23.4 Å². The van der Waals surface area contributed by atoms with Gasteiger partial charge in [-0.15, -0.1) is 0 Å². The highest BCUT2D eigenvalue weighted by atomic mass is 19.4. The fourth-order valence-corrected chi connectivity index (χ4v) is 2.44. The molecule has 0 aliphatic rings. The summed E-state index contributed by atoms with van der Waals surface area (Å²) in [6, 6.07) is 8.70. The van der Waals surface area contributed by atoms with Crippen molar-refractivity contribution in [3.05, 3.63) is 65.2 Å². The molecule has 0 unspecified atom stereocenters. The number of halogens is 6. The second kappa shape index (κ2) is 8.81. The van der Waals surface area contributed by atoms with Crippen molar-refractivity contribution in [1.29, 1.82) is 0 Å². The third-order valence-corrected chi connectivity index (χ3v) is 4.23. The molecule has 0 radical (unpaired) electrons. The van der Waals surface area contributed by atoms with Crippen LogP contribution >= 0.6 is 0 Å². The van der Waals surface area contributed by atoms with Crippen LogP contribution in [-0.4, -0.2) is 36.1 Å². The number of nitrogens with one attached hydrogen (secondary N) is 1. The fraction of sp³-hybridized carbons (Fsp3) is 0.238. The Labute approximate surface area is 173 Å². The summed E-state index contributed by atoms with van der Waals surface area (Å²) < 4.78 is 77.6. The Morgan fingerprint density at radius 3 is 2.10 bits per heavy atom. The molecule has 10 heteroatoms. The lowest BCUT2D eigenvalue weighted by Crippen LogP contribution is -2.53. The second-order valence-electron chi connectivity index (χ2n) is 6.38. The van der Waals surface area contributed by atoms with Crippen molar-refractivity contribution in [2.75, 3.05) is 12.4 Å². The highest BCUT2D eigenvalue weighted by Gasteiger charge is 2.71. The quantitative estimate of drug-likeness (QED) is 0.412. The molecule has 0 aliphatic carbocycles. The number of aliphatic imine (C=N–C) groups is 1. The van der Waals surface area contributed by atoms with Crippen LogP contribution in [0.25, 0.3) is 0 Å². The Morgan fingerprint density at radius 2 is 1.58 bits per heavy atom. The van der Waals surface area contributed by atoms with Crippen LogP contribution < -0.4 is 5.32 Å². The number of hydrogen-bond donors (Lipinski definition) is 2. The van der Waals surface area contributed by atoms with Gasteiger partial charge in [-0.05, 0) is 43.2 Å². The number of anilines is 1. The minimum atomic E-state index is -5.99. The number of amides is 1. The first-order chi connectivity index (χ1) is 14.3. The summed E-state index contributed by atoms with van der Waals surface area (Å²) in [5.74, 6) is 4.92. The van der Waals surface area contributed by atoms with E-state index in [9.17, 15) is 36.2 Å². The van der Waals surface area contributed by atoms with Crippen LogP contribution in [0.3, 0.4) is 0 Å². The molecule has 4 nitrogen and oxygen atoms in total. The molecule has 0 saturated heterocycles.